The molecule has 0 fully saturated rings. The molecule has 1 aromatic heterocycles. The summed E-state index contributed by atoms with van der Waals surface area (Å²) in [5, 5.41) is 4.06. The normalized spacial score (nSPS) is 16.8. The standard InChI is InChI=1S/C10H16N2O2/c1-10(2,6-11)9-7-5-13-4-3-8(7)12-14-9/h3-6,11H2,1-2H3. The maximum atomic E-state index is 5.70. The van der Waals surface area contributed by atoms with Crippen LogP contribution in [0.15, 0.2) is 4.52 Å². The number of nitrogens with two attached hydrogens (primary N) is 1. The highest BCUT2D eigenvalue weighted by Gasteiger charge is 2.30. The molecule has 0 atom stereocenters. The van der Waals surface area contributed by atoms with Gasteiger partial charge in [0, 0.05) is 23.9 Å². The Hall–Kier alpha value is -0.870. The Balaban J connectivity index is 2.39. The lowest BCUT2D eigenvalue weighted by Crippen LogP contribution is -2.29. The van der Waals surface area contributed by atoms with E-state index in [4.69, 9.17) is 15.0 Å². The molecule has 78 valence electrons. The summed E-state index contributed by atoms with van der Waals surface area (Å²) in [5.74, 6) is 0.884. The lowest BCUT2D eigenvalue weighted by atomic mass is 9.87. The molecule has 0 bridgehead atoms. The predicted molar refractivity (Wildman–Crippen MR) is 51.9 cm³/mol. The van der Waals surface area contributed by atoms with Crippen LogP contribution in [0.25, 0.3) is 0 Å². The zero-order valence-electron chi connectivity index (χ0n) is 8.67. The molecule has 0 aliphatic carbocycles. The average molecular weight is 196 g/mol. The molecule has 1 aliphatic rings. The molecule has 0 radical (unpaired) electrons. The molecule has 4 heteroatoms. The second-order valence-electron chi connectivity index (χ2n) is 4.33. The number of aromatic nitrogens is 1. The van der Waals surface area contributed by atoms with Gasteiger partial charge in [-0.2, -0.15) is 0 Å². The van der Waals surface area contributed by atoms with E-state index in [1.54, 1.807) is 0 Å². The summed E-state index contributed by atoms with van der Waals surface area (Å²) in [7, 11) is 0. The third kappa shape index (κ3) is 1.44. The topological polar surface area (TPSA) is 61.3 Å². The molecule has 2 heterocycles. The largest absolute Gasteiger partial charge is 0.376 e. The second-order valence-corrected chi connectivity index (χ2v) is 4.33. The predicted octanol–water partition coefficient (Wildman–Crippen LogP) is 0.984. The van der Waals surface area contributed by atoms with Crippen LogP contribution in [-0.2, 0) is 23.2 Å². The SMILES string of the molecule is CC(C)(CN)c1onc2c1COCC2. The van der Waals surface area contributed by atoms with Crippen molar-refractivity contribution in [2.45, 2.75) is 32.3 Å². The third-order valence-corrected chi connectivity index (χ3v) is 2.72. The number of hydrogen-bond acceptors (Lipinski definition) is 4. The second kappa shape index (κ2) is 3.37. The molecule has 0 aromatic carbocycles. The van der Waals surface area contributed by atoms with Gasteiger partial charge in [0.05, 0.1) is 18.9 Å². The Morgan fingerprint density at radius 3 is 3.00 bits per heavy atom. The summed E-state index contributed by atoms with van der Waals surface area (Å²) >= 11 is 0. The summed E-state index contributed by atoms with van der Waals surface area (Å²) in [6.07, 6.45) is 0.847. The van der Waals surface area contributed by atoms with Crippen LogP contribution in [0, 0.1) is 0 Å². The van der Waals surface area contributed by atoms with Gasteiger partial charge in [0.15, 0.2) is 0 Å². The minimum atomic E-state index is -0.152. The van der Waals surface area contributed by atoms with Crippen molar-refractivity contribution in [1.82, 2.24) is 5.16 Å². The molecule has 14 heavy (non-hydrogen) atoms. The Labute approximate surface area is 83.4 Å². The van der Waals surface area contributed by atoms with Crippen LogP contribution in [0.4, 0.5) is 0 Å². The van der Waals surface area contributed by atoms with E-state index >= 15 is 0 Å². The maximum Gasteiger partial charge on any atom is 0.149 e. The van der Waals surface area contributed by atoms with Crippen molar-refractivity contribution in [2.75, 3.05) is 13.2 Å². The molecular formula is C10H16N2O2. The fraction of sp³-hybridized carbons (Fsp3) is 0.700. The average Bonchev–Trinajstić information content (AvgIpc) is 2.61. The Morgan fingerprint density at radius 2 is 2.29 bits per heavy atom. The number of rotatable bonds is 2. The smallest absolute Gasteiger partial charge is 0.149 e. The van der Waals surface area contributed by atoms with Crippen molar-refractivity contribution in [3.8, 4) is 0 Å². The third-order valence-electron chi connectivity index (χ3n) is 2.72. The maximum absolute atomic E-state index is 5.70. The summed E-state index contributed by atoms with van der Waals surface area (Å²) < 4.78 is 10.8. The quantitative estimate of drug-likeness (QED) is 0.766. The van der Waals surface area contributed by atoms with E-state index in [-0.39, 0.29) is 5.41 Å². The Bertz CT molecular complexity index is 331. The van der Waals surface area contributed by atoms with Crippen LogP contribution in [0.2, 0.25) is 0 Å². The van der Waals surface area contributed by atoms with Crippen molar-refractivity contribution in [1.29, 1.82) is 0 Å². The number of ether oxygens (including phenoxy) is 1. The van der Waals surface area contributed by atoms with E-state index in [9.17, 15) is 0 Å². The van der Waals surface area contributed by atoms with Crippen molar-refractivity contribution >= 4 is 0 Å². The van der Waals surface area contributed by atoms with Gasteiger partial charge in [-0.05, 0) is 0 Å². The zero-order chi connectivity index (χ0) is 10.2. The molecule has 1 aromatic rings. The van der Waals surface area contributed by atoms with Gasteiger partial charge >= 0.3 is 0 Å². The molecule has 0 amide bonds. The van der Waals surface area contributed by atoms with E-state index in [0.29, 0.717) is 13.2 Å². The van der Waals surface area contributed by atoms with Gasteiger partial charge < -0.3 is 15.0 Å². The van der Waals surface area contributed by atoms with Gasteiger partial charge in [0.25, 0.3) is 0 Å². The zero-order valence-corrected chi connectivity index (χ0v) is 8.67. The summed E-state index contributed by atoms with van der Waals surface area (Å²) in [6, 6.07) is 0. The molecule has 2 rings (SSSR count). The summed E-state index contributed by atoms with van der Waals surface area (Å²) in [5.41, 5.74) is 7.69. The number of fused-ring (bicyclic) bond motifs is 1. The van der Waals surface area contributed by atoms with Gasteiger partial charge in [-0.25, -0.2) is 0 Å². The van der Waals surface area contributed by atoms with Crippen LogP contribution in [-0.4, -0.2) is 18.3 Å². The van der Waals surface area contributed by atoms with E-state index < -0.39 is 0 Å². The number of hydrogen-bond donors (Lipinski definition) is 1. The highest BCUT2D eigenvalue weighted by atomic mass is 16.5. The lowest BCUT2D eigenvalue weighted by Gasteiger charge is -2.21. The fourth-order valence-corrected chi connectivity index (χ4v) is 1.66. The fourth-order valence-electron chi connectivity index (χ4n) is 1.66. The first-order valence-corrected chi connectivity index (χ1v) is 4.91. The first-order chi connectivity index (χ1) is 6.65. The monoisotopic (exact) mass is 196 g/mol. The molecule has 4 nitrogen and oxygen atoms in total. The first-order valence-electron chi connectivity index (χ1n) is 4.91. The molecule has 2 N–H and O–H groups in total. The van der Waals surface area contributed by atoms with Gasteiger partial charge in [0.1, 0.15) is 5.76 Å². The molecule has 1 aliphatic heterocycles. The van der Waals surface area contributed by atoms with Crippen LogP contribution < -0.4 is 5.73 Å². The van der Waals surface area contributed by atoms with Gasteiger partial charge in [0.2, 0.25) is 0 Å². The molecule has 0 saturated heterocycles. The number of nitrogens with zero attached hydrogens (tertiary/aromatic N) is 1. The summed E-state index contributed by atoms with van der Waals surface area (Å²) in [4.78, 5) is 0. The first kappa shape index (κ1) is 9.68. The van der Waals surface area contributed by atoms with Gasteiger partial charge in [-0.1, -0.05) is 19.0 Å². The van der Waals surface area contributed by atoms with E-state index in [2.05, 4.69) is 19.0 Å². The highest BCUT2D eigenvalue weighted by molar-refractivity contribution is 5.29. The Kier molecular flexibility index (Phi) is 2.33. The van der Waals surface area contributed by atoms with E-state index in [0.717, 1.165) is 30.0 Å². The Morgan fingerprint density at radius 1 is 1.50 bits per heavy atom. The van der Waals surface area contributed by atoms with Gasteiger partial charge in [-0.3, -0.25) is 0 Å². The van der Waals surface area contributed by atoms with Crippen LogP contribution in [0.3, 0.4) is 0 Å². The van der Waals surface area contributed by atoms with Crippen LogP contribution in [0.5, 0.6) is 0 Å². The van der Waals surface area contributed by atoms with Crippen LogP contribution >= 0.6 is 0 Å². The molecule has 0 spiro atoms. The van der Waals surface area contributed by atoms with E-state index in [1.165, 1.54) is 0 Å². The molecule has 0 unspecified atom stereocenters. The van der Waals surface area contributed by atoms with Crippen molar-refractivity contribution in [3.05, 3.63) is 17.0 Å². The minimum Gasteiger partial charge on any atom is -0.376 e. The van der Waals surface area contributed by atoms with E-state index in [1.807, 2.05) is 0 Å². The van der Waals surface area contributed by atoms with Crippen molar-refractivity contribution < 1.29 is 9.26 Å². The van der Waals surface area contributed by atoms with Crippen molar-refractivity contribution in [3.63, 3.8) is 0 Å². The van der Waals surface area contributed by atoms with Gasteiger partial charge in [-0.15, -0.1) is 0 Å². The minimum absolute atomic E-state index is 0.152. The summed E-state index contributed by atoms with van der Waals surface area (Å²) in [6.45, 7) is 6.01. The molecule has 0 saturated carbocycles. The lowest BCUT2D eigenvalue weighted by molar-refractivity contribution is 0.109. The molecular weight excluding hydrogens is 180 g/mol. The highest BCUT2D eigenvalue weighted by Crippen LogP contribution is 2.30. The van der Waals surface area contributed by atoms with Crippen molar-refractivity contribution in [2.24, 2.45) is 5.73 Å². The van der Waals surface area contributed by atoms with Crippen LogP contribution in [0.1, 0.15) is 30.9 Å².